The molecule has 0 aliphatic rings. The zero-order valence-electron chi connectivity index (χ0n) is 12.5. The quantitative estimate of drug-likeness (QED) is 0.905. The van der Waals surface area contributed by atoms with Gasteiger partial charge in [-0.3, -0.25) is 0 Å². The van der Waals surface area contributed by atoms with Crippen LogP contribution >= 0.6 is 0 Å². The van der Waals surface area contributed by atoms with Crippen LogP contribution in [0.4, 0.5) is 0 Å². The van der Waals surface area contributed by atoms with Crippen molar-refractivity contribution in [2.75, 3.05) is 0 Å². The number of hydrogen-bond donors (Lipinski definition) is 1. The van der Waals surface area contributed by atoms with E-state index >= 15 is 0 Å². The Bertz CT molecular complexity index is 564. The lowest BCUT2D eigenvalue weighted by Crippen LogP contribution is -2.21. The van der Waals surface area contributed by atoms with Gasteiger partial charge in [0.15, 0.2) is 0 Å². The van der Waals surface area contributed by atoms with E-state index in [1.807, 2.05) is 19.1 Å². The van der Waals surface area contributed by atoms with Gasteiger partial charge in [-0.15, -0.1) is 0 Å². The topological polar surface area (TPSA) is 47.0 Å². The normalized spacial score (nSPS) is 10.8. The Labute approximate surface area is 120 Å². The smallest absolute Gasteiger partial charge is 0.321 e. The highest BCUT2D eigenvalue weighted by atomic mass is 16.5. The molecule has 0 unspecified atom stereocenters. The second kappa shape index (κ2) is 6.48. The summed E-state index contributed by atoms with van der Waals surface area (Å²) in [5.74, 6) is 0.795. The first kappa shape index (κ1) is 14.5. The number of benzene rings is 1. The Kier molecular flexibility index (Phi) is 4.69. The van der Waals surface area contributed by atoms with E-state index in [4.69, 9.17) is 4.74 Å². The van der Waals surface area contributed by atoms with E-state index in [0.29, 0.717) is 12.1 Å². The molecule has 0 saturated carbocycles. The van der Waals surface area contributed by atoms with E-state index in [9.17, 15) is 0 Å². The van der Waals surface area contributed by atoms with Crippen LogP contribution in [0.1, 0.15) is 30.5 Å². The summed E-state index contributed by atoms with van der Waals surface area (Å²) in [6.45, 7) is 9.06. The first-order valence-electron chi connectivity index (χ1n) is 6.84. The maximum atomic E-state index is 5.70. The second-order valence-electron chi connectivity index (χ2n) is 5.28. The van der Waals surface area contributed by atoms with Gasteiger partial charge < -0.3 is 10.1 Å². The third-order valence-electron chi connectivity index (χ3n) is 2.93. The molecule has 1 aromatic heterocycles. The Morgan fingerprint density at radius 1 is 1.15 bits per heavy atom. The number of aryl methyl sites for hydroxylation is 2. The summed E-state index contributed by atoms with van der Waals surface area (Å²) in [6.07, 6.45) is 3.59. The molecule has 20 heavy (non-hydrogen) atoms. The highest BCUT2D eigenvalue weighted by molar-refractivity contribution is 5.37. The lowest BCUT2D eigenvalue weighted by Gasteiger charge is -2.09. The van der Waals surface area contributed by atoms with E-state index in [1.54, 1.807) is 12.4 Å². The lowest BCUT2D eigenvalue weighted by molar-refractivity contribution is 0.437. The van der Waals surface area contributed by atoms with Gasteiger partial charge in [-0.05, 0) is 25.5 Å². The van der Waals surface area contributed by atoms with Crippen LogP contribution in [0.5, 0.6) is 11.8 Å². The molecule has 0 bridgehead atoms. The minimum atomic E-state index is 0.380. The number of hydrogen-bond acceptors (Lipinski definition) is 4. The van der Waals surface area contributed by atoms with Gasteiger partial charge in [0.1, 0.15) is 5.75 Å². The number of aromatic nitrogens is 2. The second-order valence-corrected chi connectivity index (χ2v) is 5.28. The Morgan fingerprint density at radius 3 is 2.45 bits per heavy atom. The van der Waals surface area contributed by atoms with Crippen LogP contribution in [-0.2, 0) is 6.54 Å². The fraction of sp³-hybridized carbons (Fsp3) is 0.375. The molecule has 1 heterocycles. The van der Waals surface area contributed by atoms with Gasteiger partial charge in [0.2, 0.25) is 0 Å². The molecule has 0 aliphatic heterocycles. The predicted octanol–water partition coefficient (Wildman–Crippen LogP) is 3.38. The van der Waals surface area contributed by atoms with E-state index < -0.39 is 0 Å². The zero-order chi connectivity index (χ0) is 14.5. The molecule has 4 nitrogen and oxygen atoms in total. The Hall–Kier alpha value is -1.94. The van der Waals surface area contributed by atoms with E-state index in [2.05, 4.69) is 42.1 Å². The molecule has 4 heteroatoms. The van der Waals surface area contributed by atoms with Gasteiger partial charge in [0.05, 0.1) is 0 Å². The third-order valence-corrected chi connectivity index (χ3v) is 2.93. The number of rotatable bonds is 5. The molecule has 0 fully saturated rings. The van der Waals surface area contributed by atoms with Crippen molar-refractivity contribution in [3.8, 4) is 11.8 Å². The summed E-state index contributed by atoms with van der Waals surface area (Å²) in [4.78, 5) is 8.48. The fourth-order valence-electron chi connectivity index (χ4n) is 1.82. The van der Waals surface area contributed by atoms with Crippen LogP contribution in [0.3, 0.4) is 0 Å². The van der Waals surface area contributed by atoms with Gasteiger partial charge in [-0.2, -0.15) is 0 Å². The fourth-order valence-corrected chi connectivity index (χ4v) is 1.82. The molecule has 0 saturated heterocycles. The SMILES string of the molecule is Cc1ccc(Oc2ncc(CNC(C)C)cn2)c(C)c1. The Balaban J connectivity index is 2.03. The van der Waals surface area contributed by atoms with Crippen molar-refractivity contribution in [3.05, 3.63) is 47.3 Å². The molecule has 0 spiro atoms. The van der Waals surface area contributed by atoms with E-state index in [1.165, 1.54) is 5.56 Å². The van der Waals surface area contributed by atoms with Crippen LogP contribution in [0.25, 0.3) is 0 Å². The van der Waals surface area contributed by atoms with Gasteiger partial charge in [-0.1, -0.05) is 31.5 Å². The summed E-state index contributed by atoms with van der Waals surface area (Å²) in [5, 5.41) is 3.33. The van der Waals surface area contributed by atoms with Crippen molar-refractivity contribution >= 4 is 0 Å². The molecule has 2 rings (SSSR count). The molecule has 106 valence electrons. The summed E-state index contributed by atoms with van der Waals surface area (Å²) in [6, 6.07) is 6.87. The van der Waals surface area contributed by atoms with Crippen LogP contribution in [-0.4, -0.2) is 16.0 Å². The van der Waals surface area contributed by atoms with Gasteiger partial charge in [0.25, 0.3) is 0 Å². The molecular weight excluding hydrogens is 250 g/mol. The van der Waals surface area contributed by atoms with E-state index in [-0.39, 0.29) is 0 Å². The van der Waals surface area contributed by atoms with Gasteiger partial charge >= 0.3 is 6.01 Å². The standard InChI is InChI=1S/C16H21N3O/c1-11(2)17-8-14-9-18-16(19-10-14)20-15-6-5-12(3)7-13(15)4/h5-7,9-11,17H,8H2,1-4H3. The van der Waals surface area contributed by atoms with Crippen molar-refractivity contribution in [2.24, 2.45) is 0 Å². The summed E-state index contributed by atoms with van der Waals surface area (Å²) in [5.41, 5.74) is 3.34. The number of nitrogens with zero attached hydrogens (tertiary/aromatic N) is 2. The Morgan fingerprint density at radius 2 is 1.85 bits per heavy atom. The van der Waals surface area contributed by atoms with Crippen molar-refractivity contribution in [1.82, 2.24) is 15.3 Å². The van der Waals surface area contributed by atoms with Gasteiger partial charge in [-0.25, -0.2) is 9.97 Å². The molecule has 1 N–H and O–H groups in total. The monoisotopic (exact) mass is 271 g/mol. The highest BCUT2D eigenvalue weighted by Crippen LogP contribution is 2.22. The van der Waals surface area contributed by atoms with Crippen molar-refractivity contribution in [2.45, 2.75) is 40.3 Å². The summed E-state index contributed by atoms with van der Waals surface area (Å²) >= 11 is 0. The van der Waals surface area contributed by atoms with Crippen molar-refractivity contribution < 1.29 is 4.74 Å². The average molecular weight is 271 g/mol. The predicted molar refractivity (Wildman–Crippen MR) is 80.0 cm³/mol. The summed E-state index contributed by atoms with van der Waals surface area (Å²) in [7, 11) is 0. The van der Waals surface area contributed by atoms with Gasteiger partial charge in [0, 0.05) is 30.5 Å². The average Bonchev–Trinajstić information content (AvgIpc) is 2.41. The minimum Gasteiger partial charge on any atom is -0.424 e. The van der Waals surface area contributed by atoms with Crippen LogP contribution in [0.2, 0.25) is 0 Å². The molecule has 1 aromatic carbocycles. The molecule has 0 amide bonds. The number of ether oxygens (including phenoxy) is 1. The van der Waals surface area contributed by atoms with Crippen LogP contribution < -0.4 is 10.1 Å². The first-order valence-corrected chi connectivity index (χ1v) is 6.84. The molecule has 0 radical (unpaired) electrons. The van der Waals surface area contributed by atoms with Crippen molar-refractivity contribution in [3.63, 3.8) is 0 Å². The zero-order valence-corrected chi connectivity index (χ0v) is 12.5. The summed E-state index contributed by atoms with van der Waals surface area (Å²) < 4.78 is 5.70. The maximum absolute atomic E-state index is 5.70. The lowest BCUT2D eigenvalue weighted by atomic mass is 10.1. The van der Waals surface area contributed by atoms with E-state index in [0.717, 1.165) is 23.4 Å². The molecule has 2 aromatic rings. The highest BCUT2D eigenvalue weighted by Gasteiger charge is 2.04. The van der Waals surface area contributed by atoms with Crippen LogP contribution in [0.15, 0.2) is 30.6 Å². The van der Waals surface area contributed by atoms with Crippen molar-refractivity contribution in [1.29, 1.82) is 0 Å². The minimum absolute atomic E-state index is 0.380. The third kappa shape index (κ3) is 4.03. The molecule has 0 aliphatic carbocycles. The molecule has 0 atom stereocenters. The first-order chi connectivity index (χ1) is 9.54. The maximum Gasteiger partial charge on any atom is 0.321 e. The van der Waals surface area contributed by atoms with Crippen LogP contribution in [0, 0.1) is 13.8 Å². The molecular formula is C16H21N3O. The largest absolute Gasteiger partial charge is 0.424 e. The number of nitrogens with one attached hydrogen (secondary N) is 1.